The van der Waals surface area contributed by atoms with Crippen molar-refractivity contribution >= 4 is 15.9 Å². The van der Waals surface area contributed by atoms with Gasteiger partial charge in [-0.25, -0.2) is 21.9 Å². The largest absolute Gasteiger partial charge is 0.348 e. The van der Waals surface area contributed by atoms with Crippen LogP contribution in [0.15, 0.2) is 77.7 Å². The summed E-state index contributed by atoms with van der Waals surface area (Å²) < 4.78 is 54.0. The lowest BCUT2D eigenvalue weighted by Crippen LogP contribution is -2.25. The molecule has 8 heteroatoms. The molecule has 3 rings (SSSR count). The maximum atomic E-state index is 13.2. The molecule has 0 heterocycles. The standard InChI is InChI=1S/C21H18F2N2O3S/c22-18-9-16(10-19(23)12-18)13-24-21(26)17-7-4-8-20(11-17)29(27,28)25-14-15-5-2-1-3-6-15/h1-12,25H,13-14H2,(H,24,26). The van der Waals surface area contributed by atoms with Crippen molar-refractivity contribution in [1.29, 1.82) is 0 Å². The van der Waals surface area contributed by atoms with Crippen LogP contribution in [0.5, 0.6) is 0 Å². The first-order valence-electron chi connectivity index (χ1n) is 8.70. The number of nitrogens with one attached hydrogen (secondary N) is 2. The fraction of sp³-hybridized carbons (Fsp3) is 0.0952. The Morgan fingerprint density at radius 1 is 0.793 bits per heavy atom. The normalized spacial score (nSPS) is 11.2. The highest BCUT2D eigenvalue weighted by Gasteiger charge is 2.16. The van der Waals surface area contributed by atoms with Crippen LogP contribution >= 0.6 is 0 Å². The van der Waals surface area contributed by atoms with Crippen molar-refractivity contribution in [2.75, 3.05) is 0 Å². The highest BCUT2D eigenvalue weighted by atomic mass is 32.2. The molecule has 0 aliphatic rings. The van der Waals surface area contributed by atoms with Crippen molar-refractivity contribution in [3.8, 4) is 0 Å². The predicted octanol–water partition coefficient (Wildman–Crippen LogP) is 3.37. The van der Waals surface area contributed by atoms with Crippen molar-refractivity contribution in [3.63, 3.8) is 0 Å². The Kier molecular flexibility index (Phi) is 6.36. The monoisotopic (exact) mass is 416 g/mol. The smallest absolute Gasteiger partial charge is 0.251 e. The summed E-state index contributed by atoms with van der Waals surface area (Å²) in [6.07, 6.45) is 0. The number of hydrogen-bond donors (Lipinski definition) is 2. The van der Waals surface area contributed by atoms with Crippen molar-refractivity contribution in [1.82, 2.24) is 10.0 Å². The Morgan fingerprint density at radius 2 is 1.48 bits per heavy atom. The minimum atomic E-state index is -3.82. The zero-order chi connectivity index (χ0) is 20.9. The second kappa shape index (κ2) is 8.93. The Balaban J connectivity index is 1.68. The number of halogens is 2. The molecular weight excluding hydrogens is 398 g/mol. The van der Waals surface area contributed by atoms with E-state index in [2.05, 4.69) is 10.0 Å². The summed E-state index contributed by atoms with van der Waals surface area (Å²) in [4.78, 5) is 12.3. The first-order valence-corrected chi connectivity index (χ1v) is 10.2. The van der Waals surface area contributed by atoms with Gasteiger partial charge in [0.15, 0.2) is 0 Å². The molecule has 0 radical (unpaired) electrons. The third-order valence-electron chi connectivity index (χ3n) is 4.09. The van der Waals surface area contributed by atoms with Crippen LogP contribution in [0.4, 0.5) is 8.78 Å². The van der Waals surface area contributed by atoms with Crippen molar-refractivity contribution < 1.29 is 22.0 Å². The molecule has 0 spiro atoms. The number of benzene rings is 3. The van der Waals surface area contributed by atoms with Gasteiger partial charge < -0.3 is 5.32 Å². The van der Waals surface area contributed by atoms with Gasteiger partial charge in [0.25, 0.3) is 5.91 Å². The number of hydrogen-bond acceptors (Lipinski definition) is 3. The molecule has 2 N–H and O–H groups in total. The quantitative estimate of drug-likeness (QED) is 0.620. The second-order valence-electron chi connectivity index (χ2n) is 6.30. The average Bonchev–Trinajstić information content (AvgIpc) is 2.71. The van der Waals surface area contributed by atoms with E-state index in [1.807, 2.05) is 6.07 Å². The second-order valence-corrected chi connectivity index (χ2v) is 8.07. The molecule has 0 atom stereocenters. The third kappa shape index (κ3) is 5.69. The molecule has 29 heavy (non-hydrogen) atoms. The summed E-state index contributed by atoms with van der Waals surface area (Å²) in [5.41, 5.74) is 1.17. The first kappa shape index (κ1) is 20.6. The van der Waals surface area contributed by atoms with E-state index in [0.717, 1.165) is 23.8 Å². The van der Waals surface area contributed by atoms with Crippen LogP contribution in [-0.4, -0.2) is 14.3 Å². The lowest BCUT2D eigenvalue weighted by Gasteiger charge is -2.09. The zero-order valence-electron chi connectivity index (χ0n) is 15.2. The van der Waals surface area contributed by atoms with Crippen LogP contribution in [0.25, 0.3) is 0 Å². The molecule has 0 fully saturated rings. The lowest BCUT2D eigenvalue weighted by molar-refractivity contribution is 0.0950. The molecule has 1 amide bonds. The molecule has 150 valence electrons. The van der Waals surface area contributed by atoms with Gasteiger partial charge in [-0.1, -0.05) is 36.4 Å². The number of sulfonamides is 1. The fourth-order valence-corrected chi connectivity index (χ4v) is 3.72. The summed E-state index contributed by atoms with van der Waals surface area (Å²) in [6, 6.07) is 17.5. The molecule has 5 nitrogen and oxygen atoms in total. The minimum absolute atomic E-state index is 0.0575. The van der Waals surface area contributed by atoms with E-state index in [9.17, 15) is 22.0 Å². The highest BCUT2D eigenvalue weighted by Crippen LogP contribution is 2.13. The van der Waals surface area contributed by atoms with Crippen LogP contribution in [0, 0.1) is 11.6 Å². The molecule has 0 aliphatic carbocycles. The molecule has 0 aromatic heterocycles. The van der Waals surface area contributed by atoms with E-state index in [1.54, 1.807) is 24.3 Å². The molecule has 0 saturated carbocycles. The molecule has 3 aromatic rings. The maximum Gasteiger partial charge on any atom is 0.251 e. The van der Waals surface area contributed by atoms with E-state index in [0.29, 0.717) is 0 Å². The van der Waals surface area contributed by atoms with Gasteiger partial charge in [-0.05, 0) is 41.5 Å². The molecule has 0 unspecified atom stereocenters. The summed E-state index contributed by atoms with van der Waals surface area (Å²) in [5, 5.41) is 2.52. The summed E-state index contributed by atoms with van der Waals surface area (Å²) >= 11 is 0. The SMILES string of the molecule is O=C(NCc1cc(F)cc(F)c1)c1cccc(S(=O)(=O)NCc2ccccc2)c1. The Hall–Kier alpha value is -3.10. The van der Waals surface area contributed by atoms with Crippen LogP contribution in [0.2, 0.25) is 0 Å². The fourth-order valence-electron chi connectivity index (χ4n) is 2.66. The highest BCUT2D eigenvalue weighted by molar-refractivity contribution is 7.89. The molecule has 0 aliphatic heterocycles. The molecule has 0 bridgehead atoms. The van der Waals surface area contributed by atoms with Crippen LogP contribution < -0.4 is 10.0 Å². The Labute approximate surface area is 167 Å². The van der Waals surface area contributed by atoms with E-state index in [4.69, 9.17) is 0 Å². The summed E-state index contributed by atoms with van der Waals surface area (Å²) in [5.74, 6) is -2.05. The van der Waals surface area contributed by atoms with E-state index in [1.165, 1.54) is 24.3 Å². The van der Waals surface area contributed by atoms with Gasteiger partial charge >= 0.3 is 0 Å². The number of carbonyl (C=O) groups excluding carboxylic acids is 1. The van der Waals surface area contributed by atoms with Gasteiger partial charge in [-0.3, -0.25) is 4.79 Å². The van der Waals surface area contributed by atoms with Gasteiger partial charge in [0.05, 0.1) is 4.90 Å². The van der Waals surface area contributed by atoms with E-state index >= 15 is 0 Å². The molecular formula is C21H18F2N2O3S. The third-order valence-corrected chi connectivity index (χ3v) is 5.49. The van der Waals surface area contributed by atoms with Gasteiger partial charge in [0, 0.05) is 24.7 Å². The minimum Gasteiger partial charge on any atom is -0.348 e. The lowest BCUT2D eigenvalue weighted by atomic mass is 10.2. The Morgan fingerprint density at radius 3 is 2.17 bits per heavy atom. The first-order chi connectivity index (χ1) is 13.8. The van der Waals surface area contributed by atoms with Gasteiger partial charge in [-0.15, -0.1) is 0 Å². The number of carbonyl (C=O) groups is 1. The topological polar surface area (TPSA) is 75.3 Å². The maximum absolute atomic E-state index is 13.2. The summed E-state index contributed by atoms with van der Waals surface area (Å²) in [6.45, 7) is 0.0154. The van der Waals surface area contributed by atoms with E-state index < -0.39 is 27.6 Å². The van der Waals surface area contributed by atoms with Crippen LogP contribution in [0.1, 0.15) is 21.5 Å². The zero-order valence-corrected chi connectivity index (χ0v) is 16.0. The van der Waals surface area contributed by atoms with Crippen LogP contribution in [0.3, 0.4) is 0 Å². The number of amides is 1. The van der Waals surface area contributed by atoms with Crippen molar-refractivity contribution in [3.05, 3.63) is 101 Å². The molecule has 0 saturated heterocycles. The van der Waals surface area contributed by atoms with Crippen molar-refractivity contribution in [2.24, 2.45) is 0 Å². The average molecular weight is 416 g/mol. The summed E-state index contributed by atoms with van der Waals surface area (Å²) in [7, 11) is -3.82. The molecule has 3 aromatic carbocycles. The number of rotatable bonds is 7. The predicted molar refractivity (Wildman–Crippen MR) is 104 cm³/mol. The van der Waals surface area contributed by atoms with Gasteiger partial charge in [0.2, 0.25) is 10.0 Å². The van der Waals surface area contributed by atoms with Crippen molar-refractivity contribution in [2.45, 2.75) is 18.0 Å². The van der Waals surface area contributed by atoms with E-state index in [-0.39, 0.29) is 29.1 Å². The van der Waals surface area contributed by atoms with Gasteiger partial charge in [0.1, 0.15) is 11.6 Å². The van der Waals surface area contributed by atoms with Gasteiger partial charge in [-0.2, -0.15) is 0 Å². The van der Waals surface area contributed by atoms with Crippen LogP contribution in [-0.2, 0) is 23.1 Å². The Bertz CT molecular complexity index is 1100.